The largest absolute Gasteiger partial charge is 0.493 e. The monoisotopic (exact) mass is 720 g/mol. The standard InChI is InChI=1S/C43H49ClN4O4/c1-30-34(9-6-10-38(30)39-11-7-12-41(31(39)2)50-16-8-15-48-24-36-27-49-28-37(36)25-48)29-52-43-19-42(51-26-33-17-32(20-45)21-46-22-33)35(18-40(43)44)23-47-13-4-3-5-14-47/h6-7,9-12,17-19,21-22,36-37H,3-5,8,13-16,23-29H2,1-2H3. The van der Waals surface area contributed by atoms with Crippen LogP contribution >= 0.6 is 11.6 Å². The SMILES string of the molecule is Cc1c(COc2cc(OCc3cncc(C#N)c3)c(CN3CCCCC3)cc2Cl)cccc1-c1cccc(OCCCN2CC3COCC3C2)c1C. The quantitative estimate of drug-likeness (QED) is 0.120. The van der Waals surface area contributed by atoms with E-state index < -0.39 is 0 Å². The van der Waals surface area contributed by atoms with E-state index in [-0.39, 0.29) is 6.61 Å². The summed E-state index contributed by atoms with van der Waals surface area (Å²) in [5.74, 6) is 3.66. The van der Waals surface area contributed by atoms with Gasteiger partial charge in [0.25, 0.3) is 0 Å². The first-order chi connectivity index (χ1) is 25.4. The van der Waals surface area contributed by atoms with Gasteiger partial charge in [-0.15, -0.1) is 0 Å². The Kier molecular flexibility index (Phi) is 11.9. The van der Waals surface area contributed by atoms with Gasteiger partial charge in [0.15, 0.2) is 0 Å². The van der Waals surface area contributed by atoms with Crippen molar-refractivity contribution in [3.8, 4) is 34.4 Å². The number of hydrogen-bond donors (Lipinski definition) is 0. The molecule has 0 N–H and O–H groups in total. The van der Waals surface area contributed by atoms with E-state index in [2.05, 4.69) is 71.1 Å². The van der Waals surface area contributed by atoms with Crippen molar-refractivity contribution in [3.05, 3.63) is 105 Å². The van der Waals surface area contributed by atoms with Crippen molar-refractivity contribution in [1.29, 1.82) is 5.26 Å². The maximum absolute atomic E-state index is 9.33. The van der Waals surface area contributed by atoms with Crippen molar-refractivity contribution in [1.82, 2.24) is 14.8 Å². The molecule has 4 heterocycles. The second kappa shape index (κ2) is 17.1. The Morgan fingerprint density at radius 3 is 2.35 bits per heavy atom. The first-order valence-electron chi connectivity index (χ1n) is 18.7. The average Bonchev–Trinajstić information content (AvgIpc) is 3.77. The Bertz CT molecular complexity index is 1880. The number of fused-ring (bicyclic) bond motifs is 1. The van der Waals surface area contributed by atoms with E-state index in [4.69, 9.17) is 30.5 Å². The molecule has 0 spiro atoms. The van der Waals surface area contributed by atoms with E-state index in [0.29, 0.717) is 41.4 Å². The minimum Gasteiger partial charge on any atom is -0.493 e. The fourth-order valence-corrected chi connectivity index (χ4v) is 8.12. The molecule has 3 aliphatic heterocycles. The van der Waals surface area contributed by atoms with E-state index in [1.54, 1.807) is 18.5 Å². The Morgan fingerprint density at radius 2 is 1.56 bits per heavy atom. The Labute approximate surface area is 313 Å². The summed E-state index contributed by atoms with van der Waals surface area (Å²) in [5.41, 5.74) is 8.06. The molecule has 7 rings (SSSR count). The number of aromatic nitrogens is 1. The van der Waals surface area contributed by atoms with Gasteiger partial charge in [0.1, 0.15) is 36.5 Å². The fourth-order valence-electron chi connectivity index (χ4n) is 7.88. The Hall–Kier alpha value is -4.13. The molecule has 4 aromatic rings. The molecule has 1 aromatic heterocycles. The van der Waals surface area contributed by atoms with E-state index in [1.807, 2.05) is 12.1 Å². The van der Waals surface area contributed by atoms with Crippen molar-refractivity contribution in [2.24, 2.45) is 11.8 Å². The lowest BCUT2D eigenvalue weighted by atomic mass is 9.93. The van der Waals surface area contributed by atoms with Crippen molar-refractivity contribution in [2.45, 2.75) is 59.3 Å². The number of rotatable bonds is 14. The number of likely N-dealkylation sites (tertiary alicyclic amines) is 2. The molecule has 2 unspecified atom stereocenters. The van der Waals surface area contributed by atoms with E-state index in [9.17, 15) is 5.26 Å². The van der Waals surface area contributed by atoms with Gasteiger partial charge in [-0.1, -0.05) is 48.4 Å². The van der Waals surface area contributed by atoms with E-state index in [0.717, 1.165) is 109 Å². The molecule has 3 aliphatic rings. The molecule has 0 radical (unpaired) electrons. The number of nitriles is 1. The molecule has 272 valence electrons. The number of pyridine rings is 1. The van der Waals surface area contributed by atoms with Crippen molar-refractivity contribution in [2.75, 3.05) is 52.5 Å². The summed E-state index contributed by atoms with van der Waals surface area (Å²) in [7, 11) is 0. The number of nitrogens with zero attached hydrogens (tertiary/aromatic N) is 4. The third kappa shape index (κ3) is 8.73. The number of piperidine rings is 1. The van der Waals surface area contributed by atoms with Crippen LogP contribution in [0.5, 0.6) is 17.2 Å². The van der Waals surface area contributed by atoms with Gasteiger partial charge in [-0.05, 0) is 92.2 Å². The van der Waals surface area contributed by atoms with Gasteiger partial charge in [-0.2, -0.15) is 5.26 Å². The summed E-state index contributed by atoms with van der Waals surface area (Å²) in [6.45, 7) is 13.7. The minimum atomic E-state index is 0.287. The maximum atomic E-state index is 9.33. The van der Waals surface area contributed by atoms with Crippen LogP contribution in [-0.4, -0.2) is 67.3 Å². The van der Waals surface area contributed by atoms with Crippen LogP contribution in [0, 0.1) is 37.0 Å². The Balaban J connectivity index is 1.02. The van der Waals surface area contributed by atoms with Crippen LogP contribution in [0.15, 0.2) is 67.0 Å². The molecule has 0 bridgehead atoms. The highest BCUT2D eigenvalue weighted by atomic mass is 35.5. The van der Waals surface area contributed by atoms with Gasteiger partial charge in [-0.25, -0.2) is 0 Å². The second-order valence-electron chi connectivity index (χ2n) is 14.5. The van der Waals surface area contributed by atoms with Crippen molar-refractivity contribution in [3.63, 3.8) is 0 Å². The smallest absolute Gasteiger partial charge is 0.142 e. The van der Waals surface area contributed by atoms with E-state index in [1.165, 1.54) is 19.3 Å². The number of benzene rings is 3. The van der Waals surface area contributed by atoms with Crippen LogP contribution in [-0.2, 0) is 24.5 Å². The average molecular weight is 721 g/mol. The zero-order valence-electron chi connectivity index (χ0n) is 30.4. The highest BCUT2D eigenvalue weighted by Crippen LogP contribution is 2.37. The first kappa shape index (κ1) is 36.2. The molecular weight excluding hydrogens is 672 g/mol. The van der Waals surface area contributed by atoms with Crippen LogP contribution in [0.25, 0.3) is 11.1 Å². The van der Waals surface area contributed by atoms with Crippen molar-refractivity contribution >= 4 is 11.6 Å². The van der Waals surface area contributed by atoms with Crippen molar-refractivity contribution < 1.29 is 18.9 Å². The second-order valence-corrected chi connectivity index (χ2v) is 14.9. The van der Waals surface area contributed by atoms with Crippen LogP contribution in [0.1, 0.15) is 59.1 Å². The predicted octanol–water partition coefficient (Wildman–Crippen LogP) is 8.38. The first-order valence-corrected chi connectivity index (χ1v) is 19.1. The molecule has 8 nitrogen and oxygen atoms in total. The van der Waals surface area contributed by atoms with Gasteiger partial charge in [0.05, 0.1) is 30.4 Å². The molecule has 2 atom stereocenters. The number of hydrogen-bond acceptors (Lipinski definition) is 8. The lowest BCUT2D eigenvalue weighted by molar-refractivity contribution is 0.152. The lowest BCUT2D eigenvalue weighted by Gasteiger charge is -2.27. The highest BCUT2D eigenvalue weighted by Gasteiger charge is 2.36. The molecule has 3 fully saturated rings. The third-order valence-corrected chi connectivity index (χ3v) is 11.2. The minimum absolute atomic E-state index is 0.287. The molecular formula is C43H49ClN4O4. The maximum Gasteiger partial charge on any atom is 0.142 e. The zero-order chi connectivity index (χ0) is 35.9. The topological polar surface area (TPSA) is 80.1 Å². The van der Waals surface area contributed by atoms with Gasteiger partial charge < -0.3 is 23.8 Å². The van der Waals surface area contributed by atoms with Gasteiger partial charge >= 0.3 is 0 Å². The van der Waals surface area contributed by atoms with Gasteiger partial charge in [0.2, 0.25) is 0 Å². The van der Waals surface area contributed by atoms with Crippen LogP contribution in [0.3, 0.4) is 0 Å². The van der Waals surface area contributed by atoms with Crippen LogP contribution in [0.2, 0.25) is 5.02 Å². The normalized spacial score (nSPS) is 19.0. The molecule has 0 saturated carbocycles. The highest BCUT2D eigenvalue weighted by molar-refractivity contribution is 6.32. The third-order valence-electron chi connectivity index (χ3n) is 10.9. The molecule has 3 aromatic carbocycles. The summed E-state index contributed by atoms with van der Waals surface area (Å²) in [5, 5.41) is 9.89. The number of ether oxygens (including phenoxy) is 4. The summed E-state index contributed by atoms with van der Waals surface area (Å²) in [6.07, 6.45) is 7.96. The summed E-state index contributed by atoms with van der Waals surface area (Å²) >= 11 is 6.89. The van der Waals surface area contributed by atoms with E-state index >= 15 is 0 Å². The van der Waals surface area contributed by atoms with Gasteiger partial charge in [-0.3, -0.25) is 9.88 Å². The summed E-state index contributed by atoms with van der Waals surface area (Å²) in [4.78, 5) is 9.22. The predicted molar refractivity (Wildman–Crippen MR) is 204 cm³/mol. The lowest BCUT2D eigenvalue weighted by Crippen LogP contribution is -2.29. The molecule has 0 amide bonds. The fraction of sp³-hybridized carbons (Fsp3) is 0.442. The number of halogens is 1. The van der Waals surface area contributed by atoms with Crippen LogP contribution in [0.4, 0.5) is 0 Å². The molecule has 52 heavy (non-hydrogen) atoms. The molecule has 0 aliphatic carbocycles. The summed E-state index contributed by atoms with van der Waals surface area (Å²) < 4.78 is 24.8. The zero-order valence-corrected chi connectivity index (χ0v) is 31.2. The van der Waals surface area contributed by atoms with Gasteiger partial charge in [0, 0.05) is 67.6 Å². The van der Waals surface area contributed by atoms with Crippen LogP contribution < -0.4 is 14.2 Å². The molecule has 9 heteroatoms. The molecule has 3 saturated heterocycles. The Morgan fingerprint density at radius 1 is 0.808 bits per heavy atom. The summed E-state index contributed by atoms with van der Waals surface area (Å²) in [6, 6.07) is 20.6.